The van der Waals surface area contributed by atoms with Crippen LogP contribution in [0.5, 0.6) is 0 Å². The summed E-state index contributed by atoms with van der Waals surface area (Å²) in [6, 6.07) is 0. The summed E-state index contributed by atoms with van der Waals surface area (Å²) < 4.78 is 32.1. The van der Waals surface area contributed by atoms with E-state index in [0.717, 1.165) is 19.3 Å². The van der Waals surface area contributed by atoms with Crippen molar-refractivity contribution in [3.63, 3.8) is 0 Å². The molecule has 0 rings (SSSR count). The van der Waals surface area contributed by atoms with E-state index in [9.17, 15) is 13.0 Å². The zero-order valence-corrected chi connectivity index (χ0v) is 18.7. The number of aliphatic hydroxyl groups is 1. The molecular formula is C22H46O4S. The standard InChI is InChI=1S/C22H46O4S/c1-2-3-4-5-6-7-8-9-10-11-12-13-14-15-16-19-22(27(24,25)26)20-17-18-21-23/h22-23H,2-21H2,1H3,(H,24,25,26). The smallest absolute Gasteiger partial charge is 0.267 e. The number of hydrogen-bond donors (Lipinski definition) is 2. The van der Waals surface area contributed by atoms with Gasteiger partial charge in [-0.2, -0.15) is 8.42 Å². The highest BCUT2D eigenvalue weighted by Gasteiger charge is 2.21. The molecule has 164 valence electrons. The lowest BCUT2D eigenvalue weighted by molar-refractivity contribution is 0.281. The van der Waals surface area contributed by atoms with Crippen LogP contribution in [0, 0.1) is 0 Å². The summed E-state index contributed by atoms with van der Waals surface area (Å²) in [5.41, 5.74) is 0. The first-order valence-corrected chi connectivity index (χ1v) is 13.1. The maximum atomic E-state index is 11.4. The van der Waals surface area contributed by atoms with Gasteiger partial charge in [-0.25, -0.2) is 0 Å². The molecule has 2 N–H and O–H groups in total. The predicted molar refractivity (Wildman–Crippen MR) is 116 cm³/mol. The van der Waals surface area contributed by atoms with Crippen molar-refractivity contribution in [3.05, 3.63) is 0 Å². The van der Waals surface area contributed by atoms with Gasteiger partial charge in [0.25, 0.3) is 10.1 Å². The van der Waals surface area contributed by atoms with Gasteiger partial charge in [0.2, 0.25) is 0 Å². The Morgan fingerprint density at radius 2 is 0.926 bits per heavy atom. The Balaban J connectivity index is 3.42. The average Bonchev–Trinajstić information content (AvgIpc) is 2.62. The molecule has 0 aliphatic heterocycles. The van der Waals surface area contributed by atoms with Gasteiger partial charge < -0.3 is 5.11 Å². The van der Waals surface area contributed by atoms with E-state index in [1.165, 1.54) is 77.0 Å². The van der Waals surface area contributed by atoms with Gasteiger partial charge in [-0.15, -0.1) is 0 Å². The molecule has 0 radical (unpaired) electrons. The van der Waals surface area contributed by atoms with E-state index in [0.29, 0.717) is 25.7 Å². The molecule has 0 heterocycles. The lowest BCUT2D eigenvalue weighted by Gasteiger charge is -2.13. The molecule has 0 fully saturated rings. The SMILES string of the molecule is CCCCCCCCCCCCCCCCCC(CCCCO)S(=O)(=O)O. The number of unbranched alkanes of at least 4 members (excludes halogenated alkanes) is 15. The Labute approximate surface area is 169 Å². The van der Waals surface area contributed by atoms with Crippen molar-refractivity contribution >= 4 is 10.1 Å². The normalized spacial score (nSPS) is 13.1. The molecule has 0 aromatic heterocycles. The van der Waals surface area contributed by atoms with Crippen LogP contribution in [0.15, 0.2) is 0 Å². The minimum absolute atomic E-state index is 0.0805. The molecule has 0 aromatic carbocycles. The van der Waals surface area contributed by atoms with Crippen LogP contribution in [0.2, 0.25) is 0 Å². The number of rotatable bonds is 21. The zero-order valence-electron chi connectivity index (χ0n) is 17.8. The highest BCUT2D eigenvalue weighted by atomic mass is 32.2. The molecule has 0 amide bonds. The summed E-state index contributed by atoms with van der Waals surface area (Å²) in [6.07, 6.45) is 21.6. The van der Waals surface area contributed by atoms with Gasteiger partial charge >= 0.3 is 0 Å². The molecule has 0 bridgehead atoms. The Morgan fingerprint density at radius 3 is 1.26 bits per heavy atom. The second-order valence-corrected chi connectivity index (χ2v) is 9.79. The van der Waals surface area contributed by atoms with E-state index in [2.05, 4.69) is 6.92 Å². The van der Waals surface area contributed by atoms with Crippen molar-refractivity contribution in [2.75, 3.05) is 6.61 Å². The van der Waals surface area contributed by atoms with Crippen LogP contribution in [-0.2, 0) is 10.1 Å². The van der Waals surface area contributed by atoms with E-state index < -0.39 is 15.4 Å². The fraction of sp³-hybridized carbons (Fsp3) is 1.00. The number of hydrogen-bond acceptors (Lipinski definition) is 3. The van der Waals surface area contributed by atoms with Crippen molar-refractivity contribution in [1.82, 2.24) is 0 Å². The minimum Gasteiger partial charge on any atom is -0.396 e. The van der Waals surface area contributed by atoms with Crippen LogP contribution < -0.4 is 0 Å². The summed E-state index contributed by atoms with van der Waals surface area (Å²) in [5, 5.41) is 8.14. The Kier molecular flexibility index (Phi) is 19.1. The fourth-order valence-corrected chi connectivity index (χ4v) is 4.60. The van der Waals surface area contributed by atoms with Crippen LogP contribution in [-0.4, -0.2) is 29.9 Å². The van der Waals surface area contributed by atoms with Gasteiger partial charge in [-0.1, -0.05) is 103 Å². The fourth-order valence-electron chi connectivity index (χ4n) is 3.67. The van der Waals surface area contributed by atoms with Gasteiger partial charge in [0, 0.05) is 6.61 Å². The minimum atomic E-state index is -3.95. The maximum absolute atomic E-state index is 11.4. The summed E-state index contributed by atoms with van der Waals surface area (Å²) in [5.74, 6) is 0. The maximum Gasteiger partial charge on any atom is 0.267 e. The topological polar surface area (TPSA) is 74.6 Å². The summed E-state index contributed by atoms with van der Waals surface area (Å²) in [4.78, 5) is 0. The van der Waals surface area contributed by atoms with Gasteiger partial charge in [0.05, 0.1) is 5.25 Å². The molecule has 0 saturated heterocycles. The molecule has 27 heavy (non-hydrogen) atoms. The predicted octanol–water partition coefficient (Wildman–Crippen LogP) is 6.67. The van der Waals surface area contributed by atoms with E-state index in [-0.39, 0.29) is 6.61 Å². The summed E-state index contributed by atoms with van der Waals surface area (Å²) in [6.45, 7) is 2.34. The number of aliphatic hydroxyl groups excluding tert-OH is 1. The van der Waals surface area contributed by atoms with Crippen molar-refractivity contribution in [1.29, 1.82) is 0 Å². The van der Waals surface area contributed by atoms with E-state index >= 15 is 0 Å². The van der Waals surface area contributed by atoms with E-state index in [4.69, 9.17) is 5.11 Å². The van der Waals surface area contributed by atoms with Crippen LogP contribution in [0.1, 0.15) is 129 Å². The monoisotopic (exact) mass is 406 g/mol. The van der Waals surface area contributed by atoms with Crippen molar-refractivity contribution in [2.45, 2.75) is 134 Å². The molecule has 0 aliphatic carbocycles. The molecule has 5 heteroatoms. The Morgan fingerprint density at radius 1 is 0.593 bits per heavy atom. The molecule has 0 aromatic rings. The van der Waals surface area contributed by atoms with Crippen molar-refractivity contribution in [2.24, 2.45) is 0 Å². The van der Waals surface area contributed by atoms with Gasteiger partial charge in [-0.3, -0.25) is 4.55 Å². The van der Waals surface area contributed by atoms with Crippen molar-refractivity contribution in [3.8, 4) is 0 Å². The van der Waals surface area contributed by atoms with Crippen LogP contribution in [0.3, 0.4) is 0 Å². The van der Waals surface area contributed by atoms with E-state index in [1.54, 1.807) is 0 Å². The molecule has 0 spiro atoms. The molecule has 0 aliphatic rings. The van der Waals surface area contributed by atoms with E-state index in [1.807, 2.05) is 0 Å². The molecule has 4 nitrogen and oxygen atoms in total. The first-order valence-electron chi connectivity index (χ1n) is 11.6. The summed E-state index contributed by atoms with van der Waals surface area (Å²) in [7, 11) is -3.95. The largest absolute Gasteiger partial charge is 0.396 e. The highest BCUT2D eigenvalue weighted by molar-refractivity contribution is 7.86. The lowest BCUT2D eigenvalue weighted by Crippen LogP contribution is -2.20. The first-order chi connectivity index (χ1) is 13.0. The third-order valence-electron chi connectivity index (χ3n) is 5.49. The van der Waals surface area contributed by atoms with Crippen LogP contribution in [0.25, 0.3) is 0 Å². The van der Waals surface area contributed by atoms with Crippen LogP contribution in [0.4, 0.5) is 0 Å². The Bertz CT molecular complexity index is 395. The third kappa shape index (κ3) is 19.0. The molecule has 1 unspecified atom stereocenters. The molecule has 1 atom stereocenters. The Hall–Kier alpha value is -0.130. The first kappa shape index (κ1) is 26.9. The van der Waals surface area contributed by atoms with Crippen molar-refractivity contribution < 1.29 is 18.1 Å². The van der Waals surface area contributed by atoms with Crippen LogP contribution >= 0.6 is 0 Å². The average molecular weight is 407 g/mol. The van der Waals surface area contributed by atoms with Gasteiger partial charge in [-0.05, 0) is 25.7 Å². The van der Waals surface area contributed by atoms with Gasteiger partial charge in [0.15, 0.2) is 0 Å². The second-order valence-electron chi connectivity index (χ2n) is 8.09. The molecular weight excluding hydrogens is 360 g/mol. The lowest BCUT2D eigenvalue weighted by atomic mass is 10.0. The molecule has 0 saturated carbocycles. The zero-order chi connectivity index (χ0) is 20.2. The third-order valence-corrected chi connectivity index (χ3v) is 6.80. The second kappa shape index (κ2) is 19.2. The summed E-state index contributed by atoms with van der Waals surface area (Å²) >= 11 is 0. The quantitative estimate of drug-likeness (QED) is 0.165. The highest BCUT2D eigenvalue weighted by Crippen LogP contribution is 2.18. The van der Waals surface area contributed by atoms with Gasteiger partial charge in [0.1, 0.15) is 0 Å².